The number of pyridine rings is 1. The van der Waals surface area contributed by atoms with Crippen LogP contribution in [0.5, 0.6) is 5.75 Å². The fourth-order valence-electron chi connectivity index (χ4n) is 2.06. The van der Waals surface area contributed by atoms with Crippen LogP contribution in [0.15, 0.2) is 48.8 Å². The van der Waals surface area contributed by atoms with Gasteiger partial charge >= 0.3 is 0 Å². The summed E-state index contributed by atoms with van der Waals surface area (Å²) in [6, 6.07) is 10.4. The number of nitrogens with zero attached hydrogens (tertiary/aromatic N) is 1. The van der Waals surface area contributed by atoms with Crippen LogP contribution in [0.3, 0.4) is 0 Å². The highest BCUT2D eigenvalue weighted by Crippen LogP contribution is 2.11. The third kappa shape index (κ3) is 5.39. The average Bonchev–Trinajstić information content (AvgIpc) is 2.62. The molecule has 1 heterocycles. The number of nitrogens with one attached hydrogen (secondary N) is 2. The fourth-order valence-corrected chi connectivity index (χ4v) is 2.06. The summed E-state index contributed by atoms with van der Waals surface area (Å²) in [6.07, 6.45) is 3.78. The zero-order valence-corrected chi connectivity index (χ0v) is 13.6. The minimum absolute atomic E-state index is 0.142. The van der Waals surface area contributed by atoms with Crippen LogP contribution in [-0.4, -0.2) is 36.5 Å². The van der Waals surface area contributed by atoms with Gasteiger partial charge in [0.15, 0.2) is 0 Å². The molecule has 24 heavy (non-hydrogen) atoms. The van der Waals surface area contributed by atoms with Gasteiger partial charge in [0.1, 0.15) is 5.75 Å². The number of ether oxygens (including phenoxy) is 1. The molecule has 0 saturated carbocycles. The number of rotatable bonds is 8. The Hall–Kier alpha value is -2.89. The van der Waals surface area contributed by atoms with E-state index >= 15 is 0 Å². The molecule has 6 heteroatoms. The summed E-state index contributed by atoms with van der Waals surface area (Å²) in [5.74, 6) is 0.435. The van der Waals surface area contributed by atoms with Gasteiger partial charge in [0.2, 0.25) is 0 Å². The van der Waals surface area contributed by atoms with Gasteiger partial charge in [0.25, 0.3) is 11.8 Å². The average molecular weight is 327 g/mol. The molecule has 0 atom stereocenters. The molecule has 0 saturated heterocycles. The molecule has 0 fully saturated rings. The predicted octanol–water partition coefficient (Wildman–Crippen LogP) is 2.03. The summed E-state index contributed by atoms with van der Waals surface area (Å²) < 4.78 is 5.34. The zero-order chi connectivity index (χ0) is 17.2. The van der Waals surface area contributed by atoms with Crippen molar-refractivity contribution in [1.29, 1.82) is 0 Å². The minimum Gasteiger partial charge on any atom is -0.494 e. The monoisotopic (exact) mass is 327 g/mol. The van der Waals surface area contributed by atoms with Crippen molar-refractivity contribution in [2.75, 3.05) is 19.7 Å². The lowest BCUT2D eigenvalue weighted by atomic mass is 10.2. The van der Waals surface area contributed by atoms with Gasteiger partial charge in [-0.2, -0.15) is 0 Å². The number of carbonyl (C=O) groups is 2. The maximum absolute atomic E-state index is 12.0. The highest BCUT2D eigenvalue weighted by molar-refractivity contribution is 5.94. The number of amides is 2. The second kappa shape index (κ2) is 9.29. The highest BCUT2D eigenvalue weighted by Gasteiger charge is 2.06. The Balaban J connectivity index is 1.66. The van der Waals surface area contributed by atoms with Gasteiger partial charge in [0, 0.05) is 31.0 Å². The summed E-state index contributed by atoms with van der Waals surface area (Å²) in [5.41, 5.74) is 1.11. The van der Waals surface area contributed by atoms with E-state index in [4.69, 9.17) is 4.74 Å². The molecule has 0 bridgehead atoms. The molecular weight excluding hydrogens is 306 g/mol. The van der Waals surface area contributed by atoms with Gasteiger partial charge in [-0.1, -0.05) is 0 Å². The molecular formula is C18H21N3O3. The Morgan fingerprint density at radius 1 is 1.00 bits per heavy atom. The van der Waals surface area contributed by atoms with Crippen molar-refractivity contribution in [2.24, 2.45) is 0 Å². The van der Waals surface area contributed by atoms with Crippen LogP contribution in [-0.2, 0) is 0 Å². The Kier molecular flexibility index (Phi) is 6.76. The number of hydrogen-bond acceptors (Lipinski definition) is 4. The summed E-state index contributed by atoms with van der Waals surface area (Å²) in [6.45, 7) is 3.47. The number of carbonyl (C=O) groups excluding carboxylic acids is 2. The molecule has 0 unspecified atom stereocenters. The van der Waals surface area contributed by atoms with E-state index in [9.17, 15) is 9.59 Å². The van der Waals surface area contributed by atoms with Crippen LogP contribution >= 0.6 is 0 Å². The molecule has 2 N–H and O–H groups in total. The van der Waals surface area contributed by atoms with Crippen LogP contribution in [0.2, 0.25) is 0 Å². The minimum atomic E-state index is -0.166. The van der Waals surface area contributed by atoms with Gasteiger partial charge < -0.3 is 15.4 Å². The lowest BCUT2D eigenvalue weighted by Gasteiger charge is -2.08. The summed E-state index contributed by atoms with van der Waals surface area (Å²) in [4.78, 5) is 27.7. The second-order valence-electron chi connectivity index (χ2n) is 5.06. The number of hydrogen-bond donors (Lipinski definition) is 2. The molecule has 6 nitrogen and oxygen atoms in total. The van der Waals surface area contributed by atoms with Crippen molar-refractivity contribution >= 4 is 11.8 Å². The Morgan fingerprint density at radius 2 is 1.67 bits per heavy atom. The standard InChI is InChI=1S/C18H21N3O3/c1-2-24-16-8-6-14(7-9-16)17(22)20-11-4-12-21-18(23)15-5-3-10-19-13-15/h3,5-10,13H,2,4,11-12H2,1H3,(H,20,22)(H,21,23). The molecule has 0 radical (unpaired) electrons. The third-order valence-electron chi connectivity index (χ3n) is 3.28. The van der Waals surface area contributed by atoms with Gasteiger partial charge in [-0.3, -0.25) is 14.6 Å². The number of aromatic nitrogens is 1. The van der Waals surface area contributed by atoms with Crippen molar-refractivity contribution in [3.05, 3.63) is 59.9 Å². The van der Waals surface area contributed by atoms with E-state index in [1.165, 1.54) is 6.20 Å². The SMILES string of the molecule is CCOc1ccc(C(=O)NCCCNC(=O)c2cccnc2)cc1. The second-order valence-corrected chi connectivity index (χ2v) is 5.06. The van der Waals surface area contributed by atoms with Crippen LogP contribution in [0.4, 0.5) is 0 Å². The summed E-state index contributed by atoms with van der Waals surface area (Å²) in [5, 5.41) is 5.61. The van der Waals surface area contributed by atoms with Crippen molar-refractivity contribution in [3.8, 4) is 5.75 Å². The molecule has 2 amide bonds. The quantitative estimate of drug-likeness (QED) is 0.727. The molecule has 0 aliphatic heterocycles. The Morgan fingerprint density at radius 3 is 2.25 bits per heavy atom. The first-order chi connectivity index (χ1) is 11.7. The third-order valence-corrected chi connectivity index (χ3v) is 3.28. The van der Waals surface area contributed by atoms with E-state index in [0.717, 1.165) is 5.75 Å². The maximum Gasteiger partial charge on any atom is 0.252 e. The normalized spacial score (nSPS) is 10.0. The lowest BCUT2D eigenvalue weighted by Crippen LogP contribution is -2.29. The van der Waals surface area contributed by atoms with Crippen LogP contribution in [0.25, 0.3) is 0 Å². The first-order valence-electron chi connectivity index (χ1n) is 7.90. The largest absolute Gasteiger partial charge is 0.494 e. The van der Waals surface area contributed by atoms with Gasteiger partial charge in [-0.05, 0) is 49.7 Å². The first-order valence-corrected chi connectivity index (χ1v) is 7.90. The van der Waals surface area contributed by atoms with Crippen molar-refractivity contribution in [2.45, 2.75) is 13.3 Å². The molecule has 126 valence electrons. The van der Waals surface area contributed by atoms with E-state index in [1.54, 1.807) is 42.6 Å². The molecule has 0 aliphatic carbocycles. The van der Waals surface area contributed by atoms with E-state index in [1.807, 2.05) is 6.92 Å². The van der Waals surface area contributed by atoms with E-state index in [0.29, 0.717) is 37.2 Å². The van der Waals surface area contributed by atoms with E-state index in [2.05, 4.69) is 15.6 Å². The molecule has 0 spiro atoms. The lowest BCUT2D eigenvalue weighted by molar-refractivity contribution is 0.0951. The van der Waals surface area contributed by atoms with Gasteiger partial charge in [-0.25, -0.2) is 0 Å². The van der Waals surface area contributed by atoms with Crippen LogP contribution in [0.1, 0.15) is 34.1 Å². The van der Waals surface area contributed by atoms with Crippen molar-refractivity contribution in [1.82, 2.24) is 15.6 Å². The molecule has 0 aliphatic rings. The van der Waals surface area contributed by atoms with Gasteiger partial charge in [0.05, 0.1) is 12.2 Å². The molecule has 2 aromatic rings. The van der Waals surface area contributed by atoms with Crippen LogP contribution in [0, 0.1) is 0 Å². The number of benzene rings is 1. The van der Waals surface area contributed by atoms with Crippen molar-refractivity contribution < 1.29 is 14.3 Å². The highest BCUT2D eigenvalue weighted by atomic mass is 16.5. The zero-order valence-electron chi connectivity index (χ0n) is 13.6. The smallest absolute Gasteiger partial charge is 0.252 e. The molecule has 1 aromatic carbocycles. The topological polar surface area (TPSA) is 80.3 Å². The summed E-state index contributed by atoms with van der Waals surface area (Å²) in [7, 11) is 0. The van der Waals surface area contributed by atoms with E-state index < -0.39 is 0 Å². The first kappa shape index (κ1) is 17.5. The van der Waals surface area contributed by atoms with E-state index in [-0.39, 0.29) is 11.8 Å². The van der Waals surface area contributed by atoms with Crippen LogP contribution < -0.4 is 15.4 Å². The molecule has 2 rings (SSSR count). The van der Waals surface area contributed by atoms with Crippen molar-refractivity contribution in [3.63, 3.8) is 0 Å². The fraction of sp³-hybridized carbons (Fsp3) is 0.278. The van der Waals surface area contributed by atoms with Gasteiger partial charge in [-0.15, -0.1) is 0 Å². The maximum atomic E-state index is 12.0. The summed E-state index contributed by atoms with van der Waals surface area (Å²) >= 11 is 0. The Bertz CT molecular complexity index is 657. The predicted molar refractivity (Wildman–Crippen MR) is 91.1 cm³/mol. The Labute approximate surface area is 141 Å². The molecule has 1 aromatic heterocycles.